The minimum atomic E-state index is -0.237. The topological polar surface area (TPSA) is 70.7 Å². The van der Waals surface area contributed by atoms with Gasteiger partial charge in [-0.2, -0.15) is 0 Å². The van der Waals surface area contributed by atoms with Crippen LogP contribution in [0.3, 0.4) is 0 Å². The van der Waals surface area contributed by atoms with E-state index in [0.717, 1.165) is 5.69 Å². The molecule has 1 amide bonds. The number of pyridine rings is 1. The van der Waals surface area contributed by atoms with Crippen LogP contribution in [0.4, 0.5) is 5.82 Å². The van der Waals surface area contributed by atoms with Crippen molar-refractivity contribution in [2.24, 2.45) is 0 Å². The van der Waals surface area contributed by atoms with E-state index in [1.54, 1.807) is 13.0 Å². The van der Waals surface area contributed by atoms with Crippen molar-refractivity contribution in [3.05, 3.63) is 41.6 Å². The summed E-state index contributed by atoms with van der Waals surface area (Å²) in [6, 6.07) is 5.46. The Morgan fingerprint density at radius 3 is 2.81 bits per heavy atom. The predicted molar refractivity (Wildman–Crippen MR) is 60.3 cm³/mol. The highest BCUT2D eigenvalue weighted by Gasteiger charge is 2.08. The van der Waals surface area contributed by atoms with Gasteiger partial charge in [-0.15, -0.1) is 0 Å². The number of rotatable bonds is 2. The van der Waals surface area contributed by atoms with Crippen molar-refractivity contribution >= 4 is 11.7 Å². The first-order valence-corrected chi connectivity index (χ1v) is 4.92. The number of carbonyl (C=O) groups excluding carboxylic acids is 1. The Hall–Kier alpha value is -2.17. The highest BCUT2D eigenvalue weighted by atomic mass is 16.1. The molecule has 0 aliphatic rings. The van der Waals surface area contributed by atoms with Crippen molar-refractivity contribution in [1.82, 2.24) is 15.0 Å². The minimum absolute atomic E-state index is 0.237. The fourth-order valence-electron chi connectivity index (χ4n) is 1.33. The number of aromatic amines is 1. The quantitative estimate of drug-likeness (QED) is 0.802. The van der Waals surface area contributed by atoms with E-state index in [-0.39, 0.29) is 5.91 Å². The lowest BCUT2D eigenvalue weighted by molar-refractivity contribution is 0.102. The largest absolute Gasteiger partial charge is 0.338 e. The van der Waals surface area contributed by atoms with Crippen LogP contribution < -0.4 is 5.32 Å². The van der Waals surface area contributed by atoms with Crippen molar-refractivity contribution in [2.75, 3.05) is 5.32 Å². The molecule has 0 atom stereocenters. The molecule has 0 aliphatic heterocycles. The van der Waals surface area contributed by atoms with Gasteiger partial charge in [0.1, 0.15) is 17.3 Å². The molecule has 2 heterocycles. The molecule has 0 saturated carbocycles. The van der Waals surface area contributed by atoms with Crippen LogP contribution in [-0.2, 0) is 0 Å². The SMILES string of the molecule is Cc1cccc(NC(=O)c2cnc(C)[nH]2)n1. The smallest absolute Gasteiger partial charge is 0.274 e. The third-order valence-corrected chi connectivity index (χ3v) is 2.08. The summed E-state index contributed by atoms with van der Waals surface area (Å²) in [5.74, 6) is 1.01. The van der Waals surface area contributed by atoms with Gasteiger partial charge in [0.05, 0.1) is 6.20 Å². The minimum Gasteiger partial charge on any atom is -0.338 e. The Balaban J connectivity index is 2.13. The Labute approximate surface area is 92.9 Å². The number of nitrogens with one attached hydrogen (secondary N) is 2. The summed E-state index contributed by atoms with van der Waals surface area (Å²) in [6.45, 7) is 3.66. The molecule has 0 aromatic carbocycles. The number of aromatic nitrogens is 3. The molecule has 82 valence electrons. The number of H-pyrrole nitrogens is 1. The van der Waals surface area contributed by atoms with E-state index in [2.05, 4.69) is 20.3 Å². The summed E-state index contributed by atoms with van der Waals surface area (Å²) >= 11 is 0. The standard InChI is InChI=1S/C11H12N4O/c1-7-4-3-5-10(13-7)15-11(16)9-6-12-8(2)14-9/h3-6H,1-2H3,(H,12,14)(H,13,15,16). The zero-order valence-corrected chi connectivity index (χ0v) is 9.11. The number of carbonyl (C=O) groups is 1. The lowest BCUT2D eigenvalue weighted by Gasteiger charge is -2.02. The average Bonchev–Trinajstić information content (AvgIpc) is 2.65. The third kappa shape index (κ3) is 2.25. The molecule has 2 aromatic heterocycles. The van der Waals surface area contributed by atoms with Crippen LogP contribution in [0, 0.1) is 13.8 Å². The zero-order chi connectivity index (χ0) is 11.5. The molecule has 16 heavy (non-hydrogen) atoms. The first-order valence-electron chi connectivity index (χ1n) is 4.92. The van der Waals surface area contributed by atoms with Crippen molar-refractivity contribution in [2.45, 2.75) is 13.8 Å². The second-order valence-electron chi connectivity index (χ2n) is 3.50. The van der Waals surface area contributed by atoms with Crippen LogP contribution >= 0.6 is 0 Å². The van der Waals surface area contributed by atoms with E-state index in [4.69, 9.17) is 0 Å². The number of hydrogen-bond donors (Lipinski definition) is 2. The van der Waals surface area contributed by atoms with Crippen molar-refractivity contribution < 1.29 is 4.79 Å². The van der Waals surface area contributed by atoms with E-state index < -0.39 is 0 Å². The molecule has 2 N–H and O–H groups in total. The molecule has 5 nitrogen and oxygen atoms in total. The number of imidazole rings is 1. The lowest BCUT2D eigenvalue weighted by Crippen LogP contribution is -2.13. The van der Waals surface area contributed by atoms with Gasteiger partial charge >= 0.3 is 0 Å². The first-order chi connectivity index (χ1) is 7.65. The summed E-state index contributed by atoms with van der Waals surface area (Å²) in [7, 11) is 0. The Bertz CT molecular complexity index is 518. The number of nitrogens with zero attached hydrogens (tertiary/aromatic N) is 2. The van der Waals surface area contributed by atoms with Crippen LogP contribution in [0.15, 0.2) is 24.4 Å². The molecule has 2 rings (SSSR count). The van der Waals surface area contributed by atoms with E-state index in [0.29, 0.717) is 17.3 Å². The summed E-state index contributed by atoms with van der Waals surface area (Å²) in [4.78, 5) is 22.7. The van der Waals surface area contributed by atoms with E-state index in [1.165, 1.54) is 6.20 Å². The molecule has 0 unspecified atom stereocenters. The van der Waals surface area contributed by atoms with Crippen LogP contribution in [0.5, 0.6) is 0 Å². The summed E-state index contributed by atoms with van der Waals surface area (Å²) < 4.78 is 0. The van der Waals surface area contributed by atoms with E-state index in [1.807, 2.05) is 19.1 Å². The number of hydrogen-bond acceptors (Lipinski definition) is 3. The molecule has 0 fully saturated rings. The normalized spacial score (nSPS) is 10.1. The molecule has 5 heteroatoms. The van der Waals surface area contributed by atoms with Gasteiger partial charge in [-0.1, -0.05) is 6.07 Å². The average molecular weight is 216 g/mol. The molecule has 0 bridgehead atoms. The van der Waals surface area contributed by atoms with Gasteiger partial charge < -0.3 is 10.3 Å². The molecule has 0 saturated heterocycles. The summed E-state index contributed by atoms with van der Waals surface area (Å²) in [6.07, 6.45) is 1.50. The van der Waals surface area contributed by atoms with Gasteiger partial charge in [0.15, 0.2) is 0 Å². The van der Waals surface area contributed by atoms with Gasteiger partial charge in [-0.3, -0.25) is 4.79 Å². The van der Waals surface area contributed by atoms with Crippen LogP contribution in [0.2, 0.25) is 0 Å². The van der Waals surface area contributed by atoms with Crippen LogP contribution in [0.25, 0.3) is 0 Å². The van der Waals surface area contributed by atoms with Gasteiger partial charge in [-0.25, -0.2) is 9.97 Å². The van der Waals surface area contributed by atoms with E-state index in [9.17, 15) is 4.79 Å². The van der Waals surface area contributed by atoms with Gasteiger partial charge in [-0.05, 0) is 26.0 Å². The van der Waals surface area contributed by atoms with E-state index >= 15 is 0 Å². The Morgan fingerprint density at radius 1 is 1.38 bits per heavy atom. The number of aryl methyl sites for hydroxylation is 2. The predicted octanol–water partition coefficient (Wildman–Crippen LogP) is 1.67. The molecule has 2 aromatic rings. The molecular weight excluding hydrogens is 204 g/mol. The summed E-state index contributed by atoms with van der Waals surface area (Å²) in [5.41, 5.74) is 1.29. The monoisotopic (exact) mass is 216 g/mol. The van der Waals surface area contributed by atoms with Crippen LogP contribution in [-0.4, -0.2) is 20.9 Å². The molecular formula is C11H12N4O. The number of amides is 1. The van der Waals surface area contributed by atoms with Crippen molar-refractivity contribution in [3.63, 3.8) is 0 Å². The van der Waals surface area contributed by atoms with Gasteiger partial charge in [0, 0.05) is 5.69 Å². The maximum Gasteiger partial charge on any atom is 0.274 e. The maximum atomic E-state index is 11.7. The van der Waals surface area contributed by atoms with Crippen molar-refractivity contribution in [1.29, 1.82) is 0 Å². The van der Waals surface area contributed by atoms with Gasteiger partial charge in [0.25, 0.3) is 5.91 Å². The fourth-order valence-corrected chi connectivity index (χ4v) is 1.33. The highest BCUT2D eigenvalue weighted by molar-refractivity contribution is 6.02. The second-order valence-corrected chi connectivity index (χ2v) is 3.50. The van der Waals surface area contributed by atoms with Gasteiger partial charge in [0.2, 0.25) is 0 Å². The maximum absolute atomic E-state index is 11.7. The third-order valence-electron chi connectivity index (χ3n) is 2.08. The number of anilines is 1. The first kappa shape index (κ1) is 10.4. The zero-order valence-electron chi connectivity index (χ0n) is 9.11. The summed E-state index contributed by atoms with van der Waals surface area (Å²) in [5, 5.41) is 2.69. The second kappa shape index (κ2) is 4.14. The molecule has 0 spiro atoms. The van der Waals surface area contributed by atoms with Crippen molar-refractivity contribution in [3.8, 4) is 0 Å². The molecule has 0 aliphatic carbocycles. The fraction of sp³-hybridized carbons (Fsp3) is 0.182. The Morgan fingerprint density at radius 2 is 2.19 bits per heavy atom. The highest BCUT2D eigenvalue weighted by Crippen LogP contribution is 2.06. The molecule has 0 radical (unpaired) electrons. The van der Waals surface area contributed by atoms with Crippen LogP contribution in [0.1, 0.15) is 22.0 Å². The Kier molecular flexibility index (Phi) is 2.68. The lowest BCUT2D eigenvalue weighted by atomic mass is 10.3.